The van der Waals surface area contributed by atoms with Crippen LogP contribution in [0.25, 0.3) is 0 Å². The van der Waals surface area contributed by atoms with E-state index in [0.29, 0.717) is 32.4 Å². The minimum atomic E-state index is -0.786. The van der Waals surface area contributed by atoms with Crippen LogP contribution in [0.3, 0.4) is 0 Å². The van der Waals surface area contributed by atoms with Gasteiger partial charge in [-0.25, -0.2) is 0 Å². The van der Waals surface area contributed by atoms with E-state index in [0.717, 1.165) is 0 Å². The Morgan fingerprint density at radius 2 is 1.71 bits per heavy atom. The van der Waals surface area contributed by atoms with Crippen molar-refractivity contribution in [2.24, 2.45) is 0 Å². The lowest BCUT2D eigenvalue weighted by atomic mass is 9.81. The first-order chi connectivity index (χ1) is 9.77. The second kappa shape index (κ2) is 6.77. The average Bonchev–Trinajstić information content (AvgIpc) is 2.46. The van der Waals surface area contributed by atoms with E-state index in [1.165, 1.54) is 0 Å². The molecule has 1 N–H and O–H groups in total. The van der Waals surface area contributed by atoms with Gasteiger partial charge in [0, 0.05) is 6.54 Å². The molecule has 1 rings (SSSR count). The molecular formula is C16H30N2O3. The lowest BCUT2D eigenvalue weighted by Crippen LogP contribution is -2.74. The SMILES string of the molecule is CCC1(CC)NC(=O)C(C)(CC)N(CCOC(C)C)C1=O. The van der Waals surface area contributed by atoms with Crippen molar-refractivity contribution in [3.63, 3.8) is 0 Å². The van der Waals surface area contributed by atoms with Crippen molar-refractivity contribution in [1.82, 2.24) is 10.2 Å². The Morgan fingerprint density at radius 3 is 2.14 bits per heavy atom. The molecule has 21 heavy (non-hydrogen) atoms. The first-order valence-corrected chi connectivity index (χ1v) is 8.03. The highest BCUT2D eigenvalue weighted by atomic mass is 16.5. The predicted octanol–water partition coefficient (Wildman–Crippen LogP) is 2.10. The molecule has 5 heteroatoms. The average molecular weight is 298 g/mol. The molecule has 5 nitrogen and oxygen atoms in total. The van der Waals surface area contributed by atoms with Gasteiger partial charge >= 0.3 is 0 Å². The first kappa shape index (κ1) is 18.0. The van der Waals surface area contributed by atoms with Crippen LogP contribution in [-0.2, 0) is 14.3 Å². The molecule has 0 saturated carbocycles. The molecule has 122 valence electrons. The summed E-state index contributed by atoms with van der Waals surface area (Å²) in [5.41, 5.74) is -1.55. The first-order valence-electron chi connectivity index (χ1n) is 8.03. The molecule has 1 fully saturated rings. The zero-order valence-electron chi connectivity index (χ0n) is 14.3. The summed E-state index contributed by atoms with van der Waals surface area (Å²) in [4.78, 5) is 27.3. The molecule has 0 aliphatic carbocycles. The topological polar surface area (TPSA) is 58.6 Å². The fraction of sp³-hybridized carbons (Fsp3) is 0.875. The molecule has 1 heterocycles. The molecule has 0 aromatic heterocycles. The Morgan fingerprint density at radius 1 is 1.14 bits per heavy atom. The summed E-state index contributed by atoms with van der Waals surface area (Å²) in [5.74, 6) is -0.0401. The highest BCUT2D eigenvalue weighted by Crippen LogP contribution is 2.32. The molecule has 1 unspecified atom stereocenters. The van der Waals surface area contributed by atoms with Gasteiger partial charge in [0.05, 0.1) is 12.7 Å². The monoisotopic (exact) mass is 298 g/mol. The van der Waals surface area contributed by atoms with Gasteiger partial charge in [-0.1, -0.05) is 20.8 Å². The van der Waals surface area contributed by atoms with Gasteiger partial charge < -0.3 is 15.0 Å². The van der Waals surface area contributed by atoms with Gasteiger partial charge in [-0.05, 0) is 40.0 Å². The number of hydrogen-bond acceptors (Lipinski definition) is 3. The molecule has 0 spiro atoms. The van der Waals surface area contributed by atoms with Gasteiger partial charge in [-0.3, -0.25) is 9.59 Å². The summed E-state index contributed by atoms with van der Waals surface area (Å²) in [7, 11) is 0. The van der Waals surface area contributed by atoms with Crippen molar-refractivity contribution in [3.05, 3.63) is 0 Å². The van der Waals surface area contributed by atoms with E-state index < -0.39 is 11.1 Å². The van der Waals surface area contributed by atoms with Crippen LogP contribution in [0, 0.1) is 0 Å². The summed E-state index contributed by atoms with van der Waals surface area (Å²) in [6.45, 7) is 12.5. The molecule has 0 aromatic carbocycles. The van der Waals surface area contributed by atoms with Crippen LogP contribution in [0.15, 0.2) is 0 Å². The molecule has 1 saturated heterocycles. The van der Waals surface area contributed by atoms with Gasteiger partial charge in [-0.2, -0.15) is 0 Å². The second-order valence-corrected chi connectivity index (χ2v) is 6.25. The third kappa shape index (κ3) is 3.23. The van der Waals surface area contributed by atoms with Gasteiger partial charge in [0.25, 0.3) is 0 Å². The van der Waals surface area contributed by atoms with Gasteiger partial charge in [0.15, 0.2) is 0 Å². The second-order valence-electron chi connectivity index (χ2n) is 6.25. The third-order valence-electron chi connectivity index (χ3n) is 4.75. The molecule has 1 aliphatic rings. The Hall–Kier alpha value is -1.10. The number of hydrogen-bond donors (Lipinski definition) is 1. The van der Waals surface area contributed by atoms with E-state index in [-0.39, 0.29) is 17.9 Å². The van der Waals surface area contributed by atoms with Crippen molar-refractivity contribution in [1.29, 1.82) is 0 Å². The third-order valence-corrected chi connectivity index (χ3v) is 4.75. The Bertz CT molecular complexity index is 391. The summed E-state index contributed by atoms with van der Waals surface area (Å²) in [6, 6.07) is 0. The highest BCUT2D eigenvalue weighted by Gasteiger charge is 2.53. The van der Waals surface area contributed by atoms with Crippen LogP contribution in [0.4, 0.5) is 0 Å². The van der Waals surface area contributed by atoms with E-state index in [2.05, 4.69) is 5.32 Å². The molecule has 0 radical (unpaired) electrons. The molecule has 1 atom stereocenters. The minimum Gasteiger partial charge on any atom is -0.377 e. The smallest absolute Gasteiger partial charge is 0.249 e. The van der Waals surface area contributed by atoms with Crippen molar-refractivity contribution >= 4 is 11.8 Å². The lowest BCUT2D eigenvalue weighted by molar-refractivity contribution is -0.164. The van der Waals surface area contributed by atoms with Crippen molar-refractivity contribution < 1.29 is 14.3 Å². The Labute approximate surface area is 128 Å². The van der Waals surface area contributed by atoms with Crippen molar-refractivity contribution in [3.8, 4) is 0 Å². The number of carbonyl (C=O) groups excluding carboxylic acids is 2. The molecular weight excluding hydrogens is 268 g/mol. The van der Waals surface area contributed by atoms with Crippen LogP contribution in [-0.4, -0.2) is 47.0 Å². The standard InChI is InChI=1S/C16H30N2O3/c1-7-15(6)13(19)17-16(8-2,9-3)14(20)18(15)10-11-21-12(4)5/h12H,7-11H2,1-6H3,(H,17,19). The summed E-state index contributed by atoms with van der Waals surface area (Å²) in [5, 5.41) is 2.98. The molecule has 0 aromatic rings. The Kier molecular flexibility index (Phi) is 5.79. The molecule has 2 amide bonds. The van der Waals surface area contributed by atoms with Gasteiger partial charge in [0.1, 0.15) is 11.1 Å². The fourth-order valence-corrected chi connectivity index (χ4v) is 2.82. The van der Waals surface area contributed by atoms with Crippen LogP contribution < -0.4 is 5.32 Å². The van der Waals surface area contributed by atoms with E-state index in [1.807, 2.05) is 41.5 Å². The van der Waals surface area contributed by atoms with Crippen molar-refractivity contribution in [2.45, 2.75) is 78.0 Å². The van der Waals surface area contributed by atoms with E-state index in [9.17, 15) is 9.59 Å². The van der Waals surface area contributed by atoms with E-state index >= 15 is 0 Å². The van der Waals surface area contributed by atoms with E-state index in [1.54, 1.807) is 4.90 Å². The number of piperazine rings is 1. The van der Waals surface area contributed by atoms with Crippen LogP contribution in [0.1, 0.15) is 60.8 Å². The van der Waals surface area contributed by atoms with Crippen LogP contribution in [0.2, 0.25) is 0 Å². The summed E-state index contributed by atoms with van der Waals surface area (Å²) >= 11 is 0. The minimum absolute atomic E-state index is 0.0174. The number of nitrogens with zero attached hydrogens (tertiary/aromatic N) is 1. The predicted molar refractivity (Wildman–Crippen MR) is 83.0 cm³/mol. The fourth-order valence-electron chi connectivity index (χ4n) is 2.82. The highest BCUT2D eigenvalue weighted by molar-refractivity contribution is 6.02. The number of nitrogens with one attached hydrogen (secondary N) is 1. The van der Waals surface area contributed by atoms with E-state index in [4.69, 9.17) is 4.74 Å². The van der Waals surface area contributed by atoms with Crippen LogP contribution >= 0.6 is 0 Å². The zero-order chi connectivity index (χ0) is 16.3. The zero-order valence-corrected chi connectivity index (χ0v) is 14.3. The number of amides is 2. The maximum atomic E-state index is 13.0. The maximum Gasteiger partial charge on any atom is 0.249 e. The van der Waals surface area contributed by atoms with Crippen LogP contribution in [0.5, 0.6) is 0 Å². The quantitative estimate of drug-likeness (QED) is 0.783. The lowest BCUT2D eigenvalue weighted by Gasteiger charge is -2.50. The number of rotatable bonds is 7. The number of carbonyl (C=O) groups is 2. The summed E-state index contributed by atoms with van der Waals surface area (Å²) < 4.78 is 5.58. The normalized spacial score (nSPS) is 25.4. The molecule has 1 aliphatic heterocycles. The maximum absolute atomic E-state index is 13.0. The van der Waals surface area contributed by atoms with Gasteiger partial charge in [-0.15, -0.1) is 0 Å². The summed E-state index contributed by atoms with van der Waals surface area (Å²) in [6.07, 6.45) is 1.93. The number of ether oxygens (including phenoxy) is 1. The molecule has 0 bridgehead atoms. The Balaban J connectivity index is 3.04. The van der Waals surface area contributed by atoms with Crippen molar-refractivity contribution in [2.75, 3.05) is 13.2 Å². The largest absolute Gasteiger partial charge is 0.377 e. The van der Waals surface area contributed by atoms with Gasteiger partial charge in [0.2, 0.25) is 11.8 Å².